The van der Waals surface area contributed by atoms with Crippen molar-refractivity contribution in [2.24, 2.45) is 4.99 Å². The molecule has 1 aromatic heterocycles. The molecule has 0 unspecified atom stereocenters. The highest BCUT2D eigenvalue weighted by Gasteiger charge is 1.94. The third-order valence-corrected chi connectivity index (χ3v) is 2.28. The molecule has 0 N–H and O–H groups in total. The van der Waals surface area contributed by atoms with Gasteiger partial charge in [-0.2, -0.15) is 10.3 Å². The third-order valence-electron chi connectivity index (χ3n) is 2.28. The molecule has 0 aliphatic rings. The average Bonchev–Trinajstić information content (AvgIpc) is 2.33. The van der Waals surface area contributed by atoms with E-state index in [4.69, 9.17) is 5.26 Å². The fourth-order valence-electron chi connectivity index (χ4n) is 1.53. The quantitative estimate of drug-likeness (QED) is 0.696. The van der Waals surface area contributed by atoms with E-state index in [2.05, 4.69) is 17.1 Å². The molecular formula is C13H11N3. The first-order chi connectivity index (χ1) is 7.90. The number of hydrogen-bond donors (Lipinski definition) is 0. The highest BCUT2D eigenvalue weighted by atomic mass is 15.0. The predicted molar refractivity (Wildman–Crippen MR) is 61.2 cm³/mol. The van der Waals surface area contributed by atoms with Gasteiger partial charge in [-0.25, -0.2) is 0 Å². The predicted octanol–water partition coefficient (Wildman–Crippen LogP) is 1.92. The van der Waals surface area contributed by atoms with Gasteiger partial charge in [-0.3, -0.25) is 0 Å². The minimum atomic E-state index is 0.675. The molecule has 78 valence electrons. The van der Waals surface area contributed by atoms with E-state index in [1.165, 1.54) is 5.56 Å². The second-order valence-corrected chi connectivity index (χ2v) is 3.38. The molecule has 0 aliphatic carbocycles. The van der Waals surface area contributed by atoms with E-state index < -0.39 is 0 Å². The van der Waals surface area contributed by atoms with Gasteiger partial charge in [-0.05, 0) is 17.7 Å². The van der Waals surface area contributed by atoms with E-state index in [0.717, 1.165) is 6.54 Å². The lowest BCUT2D eigenvalue weighted by molar-refractivity contribution is 0.743. The molecule has 0 spiro atoms. The summed E-state index contributed by atoms with van der Waals surface area (Å²) >= 11 is 0. The second-order valence-electron chi connectivity index (χ2n) is 3.38. The van der Waals surface area contributed by atoms with Crippen molar-refractivity contribution >= 4 is 0 Å². The zero-order valence-corrected chi connectivity index (χ0v) is 8.74. The van der Waals surface area contributed by atoms with Crippen molar-refractivity contribution in [1.29, 1.82) is 5.26 Å². The van der Waals surface area contributed by atoms with Crippen LogP contribution in [0.15, 0.2) is 59.7 Å². The van der Waals surface area contributed by atoms with Crippen molar-refractivity contribution in [3.8, 4) is 6.19 Å². The molecule has 0 radical (unpaired) electrons. The van der Waals surface area contributed by atoms with Gasteiger partial charge in [-0.1, -0.05) is 36.4 Å². The lowest BCUT2D eigenvalue weighted by Crippen LogP contribution is -2.19. The number of nitrogens with zero attached hydrogens (tertiary/aromatic N) is 3. The maximum absolute atomic E-state index is 8.58. The summed E-state index contributed by atoms with van der Waals surface area (Å²) in [5.74, 6) is 0. The van der Waals surface area contributed by atoms with Gasteiger partial charge in [0.1, 0.15) is 5.49 Å². The van der Waals surface area contributed by atoms with Gasteiger partial charge >= 0.3 is 0 Å². The van der Waals surface area contributed by atoms with Gasteiger partial charge < -0.3 is 4.57 Å². The standard InChI is InChI=1S/C13H11N3/c14-11-15-13-8-4-5-9-16(13)10-12-6-2-1-3-7-12/h1-9H,10H2. The van der Waals surface area contributed by atoms with Crippen LogP contribution < -0.4 is 5.49 Å². The molecule has 0 bridgehead atoms. The first-order valence-corrected chi connectivity index (χ1v) is 5.02. The zero-order valence-electron chi connectivity index (χ0n) is 8.74. The summed E-state index contributed by atoms with van der Waals surface area (Å²) in [6.07, 6.45) is 3.73. The molecule has 2 aromatic rings. The number of aromatic nitrogens is 1. The van der Waals surface area contributed by atoms with E-state index in [0.29, 0.717) is 5.49 Å². The summed E-state index contributed by atoms with van der Waals surface area (Å²) in [4.78, 5) is 3.77. The van der Waals surface area contributed by atoms with Gasteiger partial charge in [-0.15, -0.1) is 0 Å². The van der Waals surface area contributed by atoms with Crippen LogP contribution in [0.4, 0.5) is 0 Å². The Hall–Kier alpha value is -2.34. The topological polar surface area (TPSA) is 41.1 Å². The van der Waals surface area contributed by atoms with E-state index in [9.17, 15) is 0 Å². The Morgan fingerprint density at radius 3 is 2.56 bits per heavy atom. The van der Waals surface area contributed by atoms with Crippen molar-refractivity contribution in [3.05, 3.63) is 65.8 Å². The highest BCUT2D eigenvalue weighted by Crippen LogP contribution is 1.99. The van der Waals surface area contributed by atoms with Crippen molar-refractivity contribution in [3.63, 3.8) is 0 Å². The first-order valence-electron chi connectivity index (χ1n) is 5.02. The van der Waals surface area contributed by atoms with Crippen molar-refractivity contribution in [2.45, 2.75) is 6.54 Å². The first kappa shape index (κ1) is 10.2. The molecule has 16 heavy (non-hydrogen) atoms. The molecule has 0 saturated heterocycles. The van der Waals surface area contributed by atoms with Gasteiger partial charge in [0.05, 0.1) is 0 Å². The summed E-state index contributed by atoms with van der Waals surface area (Å²) in [6, 6.07) is 15.7. The Bertz CT molecular complexity index is 561. The van der Waals surface area contributed by atoms with E-state index in [1.807, 2.05) is 53.4 Å². The van der Waals surface area contributed by atoms with Crippen LogP contribution in [0.2, 0.25) is 0 Å². The van der Waals surface area contributed by atoms with Gasteiger partial charge in [0.15, 0.2) is 0 Å². The van der Waals surface area contributed by atoms with E-state index in [-0.39, 0.29) is 0 Å². The Morgan fingerprint density at radius 1 is 1.06 bits per heavy atom. The number of pyridine rings is 1. The molecule has 1 heterocycles. The molecule has 2 rings (SSSR count). The van der Waals surface area contributed by atoms with Crippen LogP contribution in [-0.2, 0) is 6.54 Å². The van der Waals surface area contributed by atoms with Crippen LogP contribution in [0, 0.1) is 11.5 Å². The average molecular weight is 209 g/mol. The van der Waals surface area contributed by atoms with Crippen molar-refractivity contribution < 1.29 is 0 Å². The molecule has 3 nitrogen and oxygen atoms in total. The maximum Gasteiger partial charge on any atom is 0.207 e. The zero-order chi connectivity index (χ0) is 11.2. The smallest absolute Gasteiger partial charge is 0.207 e. The minimum Gasteiger partial charge on any atom is -0.328 e. The van der Waals surface area contributed by atoms with Crippen LogP contribution in [0.3, 0.4) is 0 Å². The molecule has 1 aromatic carbocycles. The molecular weight excluding hydrogens is 198 g/mol. The molecule has 0 fully saturated rings. The van der Waals surface area contributed by atoms with Gasteiger partial charge in [0.2, 0.25) is 6.19 Å². The Balaban J connectivity index is 2.36. The summed E-state index contributed by atoms with van der Waals surface area (Å²) in [6.45, 7) is 0.724. The number of nitriles is 1. The lowest BCUT2D eigenvalue weighted by Gasteiger charge is -2.06. The summed E-state index contributed by atoms with van der Waals surface area (Å²) < 4.78 is 1.94. The summed E-state index contributed by atoms with van der Waals surface area (Å²) in [5, 5.41) is 8.58. The highest BCUT2D eigenvalue weighted by molar-refractivity contribution is 5.15. The lowest BCUT2D eigenvalue weighted by atomic mass is 10.2. The Kier molecular flexibility index (Phi) is 3.15. The molecule has 0 aliphatic heterocycles. The monoisotopic (exact) mass is 209 g/mol. The Morgan fingerprint density at radius 2 is 1.81 bits per heavy atom. The molecule has 0 amide bonds. The number of benzene rings is 1. The maximum atomic E-state index is 8.58. The normalized spacial score (nSPS) is 11.1. The third kappa shape index (κ3) is 2.37. The van der Waals surface area contributed by atoms with Gasteiger partial charge in [0, 0.05) is 12.7 Å². The minimum absolute atomic E-state index is 0.675. The van der Waals surface area contributed by atoms with E-state index >= 15 is 0 Å². The largest absolute Gasteiger partial charge is 0.328 e. The number of hydrogen-bond acceptors (Lipinski definition) is 2. The van der Waals surface area contributed by atoms with Gasteiger partial charge in [0.25, 0.3) is 0 Å². The second kappa shape index (κ2) is 4.94. The summed E-state index contributed by atoms with van der Waals surface area (Å²) in [7, 11) is 0. The van der Waals surface area contributed by atoms with Crippen LogP contribution in [0.25, 0.3) is 0 Å². The van der Waals surface area contributed by atoms with Crippen LogP contribution in [-0.4, -0.2) is 4.57 Å². The van der Waals surface area contributed by atoms with Crippen LogP contribution in [0.1, 0.15) is 5.56 Å². The Labute approximate surface area is 93.9 Å². The van der Waals surface area contributed by atoms with Crippen molar-refractivity contribution in [2.75, 3.05) is 0 Å². The fraction of sp³-hybridized carbons (Fsp3) is 0.0769. The number of rotatable bonds is 2. The van der Waals surface area contributed by atoms with Crippen molar-refractivity contribution in [1.82, 2.24) is 4.57 Å². The van der Waals surface area contributed by atoms with E-state index in [1.54, 1.807) is 0 Å². The molecule has 0 atom stereocenters. The fourth-order valence-corrected chi connectivity index (χ4v) is 1.53. The molecule has 3 heteroatoms. The van der Waals surface area contributed by atoms with Crippen LogP contribution in [0.5, 0.6) is 0 Å². The summed E-state index contributed by atoms with van der Waals surface area (Å²) in [5.41, 5.74) is 1.86. The van der Waals surface area contributed by atoms with Crippen LogP contribution >= 0.6 is 0 Å². The molecule has 0 saturated carbocycles. The SMILES string of the molecule is N#CN=c1ccccn1Cc1ccccc1.